The van der Waals surface area contributed by atoms with Gasteiger partial charge < -0.3 is 0 Å². The monoisotopic (exact) mass is 324 g/mol. The van der Waals surface area contributed by atoms with Crippen molar-refractivity contribution >= 4 is 33.7 Å². The van der Waals surface area contributed by atoms with Crippen molar-refractivity contribution in [1.82, 2.24) is 5.43 Å². The topological polar surface area (TPSA) is 41.5 Å². The number of benzene rings is 4. The summed E-state index contributed by atoms with van der Waals surface area (Å²) < 4.78 is 0. The van der Waals surface area contributed by atoms with E-state index in [1.165, 1.54) is 0 Å². The van der Waals surface area contributed by atoms with Crippen molar-refractivity contribution in [2.75, 3.05) is 0 Å². The summed E-state index contributed by atoms with van der Waals surface area (Å²) in [4.78, 5) is 12.1. The molecule has 4 aromatic rings. The zero-order valence-electron chi connectivity index (χ0n) is 13.5. The van der Waals surface area contributed by atoms with Crippen LogP contribution in [0.25, 0.3) is 21.5 Å². The van der Waals surface area contributed by atoms with Gasteiger partial charge in [0.1, 0.15) is 0 Å². The van der Waals surface area contributed by atoms with Gasteiger partial charge in [-0.05, 0) is 39.7 Å². The summed E-state index contributed by atoms with van der Waals surface area (Å²) in [5.74, 6) is -0.221. The summed E-state index contributed by atoms with van der Waals surface area (Å²) in [7, 11) is 0. The molecule has 0 aliphatic rings. The van der Waals surface area contributed by atoms with Crippen LogP contribution in [0.5, 0.6) is 0 Å². The molecule has 0 atom stereocenters. The quantitative estimate of drug-likeness (QED) is 0.329. The van der Waals surface area contributed by atoms with Gasteiger partial charge in [0, 0.05) is 11.1 Å². The lowest BCUT2D eigenvalue weighted by Crippen LogP contribution is -2.17. The molecule has 1 N–H and O–H groups in total. The molecular formula is C22H16N2O. The molecule has 120 valence electrons. The third kappa shape index (κ3) is 3.00. The first-order chi connectivity index (χ1) is 12.3. The number of fused-ring (bicyclic) bond motifs is 2. The summed E-state index contributed by atoms with van der Waals surface area (Å²) in [5, 5.41) is 8.71. The van der Waals surface area contributed by atoms with Crippen LogP contribution in [0.15, 0.2) is 90.0 Å². The van der Waals surface area contributed by atoms with Crippen molar-refractivity contribution in [2.45, 2.75) is 0 Å². The fraction of sp³-hybridized carbons (Fsp3) is 0. The van der Waals surface area contributed by atoms with Gasteiger partial charge in [-0.2, -0.15) is 5.10 Å². The van der Waals surface area contributed by atoms with Crippen molar-refractivity contribution in [3.8, 4) is 0 Å². The van der Waals surface area contributed by atoms with Crippen molar-refractivity contribution in [3.63, 3.8) is 0 Å². The number of carbonyl (C=O) groups excluding carboxylic acids is 1. The first kappa shape index (κ1) is 15.1. The van der Waals surface area contributed by atoms with Gasteiger partial charge in [0.25, 0.3) is 5.91 Å². The number of nitrogens with one attached hydrogen (secondary N) is 1. The lowest BCUT2D eigenvalue weighted by atomic mass is 9.97. The number of hydrogen-bond donors (Lipinski definition) is 1. The van der Waals surface area contributed by atoms with Crippen molar-refractivity contribution in [3.05, 3.63) is 96.1 Å². The molecule has 0 aromatic heterocycles. The molecule has 0 spiro atoms. The first-order valence-electron chi connectivity index (χ1n) is 8.12. The molecule has 4 rings (SSSR count). The largest absolute Gasteiger partial charge is 0.271 e. The zero-order chi connectivity index (χ0) is 17.1. The standard InChI is InChI=1S/C22H16N2O/c25-22(16-8-2-1-3-9-16)24-23-15-21-19-12-6-4-10-17(19)14-18-11-5-7-13-20(18)21/h1-15H,(H,24,25). The van der Waals surface area contributed by atoms with Crippen LogP contribution in [0, 0.1) is 0 Å². The van der Waals surface area contributed by atoms with Crippen LogP contribution >= 0.6 is 0 Å². The van der Waals surface area contributed by atoms with Crippen LogP contribution in [0.3, 0.4) is 0 Å². The Bertz CT molecular complexity index is 1030. The zero-order valence-corrected chi connectivity index (χ0v) is 13.5. The van der Waals surface area contributed by atoms with E-state index in [0.29, 0.717) is 5.56 Å². The maximum atomic E-state index is 12.1. The van der Waals surface area contributed by atoms with E-state index in [1.54, 1.807) is 18.3 Å². The summed E-state index contributed by atoms with van der Waals surface area (Å²) >= 11 is 0. The predicted molar refractivity (Wildman–Crippen MR) is 103 cm³/mol. The number of amides is 1. The lowest BCUT2D eigenvalue weighted by molar-refractivity contribution is 0.0955. The van der Waals surface area contributed by atoms with Crippen molar-refractivity contribution < 1.29 is 4.79 Å². The van der Waals surface area contributed by atoms with E-state index < -0.39 is 0 Å². The molecule has 0 bridgehead atoms. The van der Waals surface area contributed by atoms with Gasteiger partial charge in [0.2, 0.25) is 0 Å². The second kappa shape index (κ2) is 6.57. The highest BCUT2D eigenvalue weighted by Crippen LogP contribution is 2.27. The Kier molecular flexibility index (Phi) is 3.97. The summed E-state index contributed by atoms with van der Waals surface area (Å²) in [5.41, 5.74) is 4.19. The van der Waals surface area contributed by atoms with E-state index in [-0.39, 0.29) is 5.91 Å². The highest BCUT2D eigenvalue weighted by molar-refractivity contribution is 6.13. The van der Waals surface area contributed by atoms with Crippen LogP contribution < -0.4 is 5.43 Å². The van der Waals surface area contributed by atoms with E-state index in [0.717, 1.165) is 27.1 Å². The molecule has 1 amide bonds. The van der Waals surface area contributed by atoms with Gasteiger partial charge >= 0.3 is 0 Å². The van der Waals surface area contributed by atoms with Crippen molar-refractivity contribution in [2.24, 2.45) is 5.10 Å². The molecule has 0 fully saturated rings. The smallest absolute Gasteiger partial charge is 0.267 e. The number of rotatable bonds is 3. The van der Waals surface area contributed by atoms with Gasteiger partial charge in [0.15, 0.2) is 0 Å². The number of hydrazone groups is 1. The number of hydrogen-bond acceptors (Lipinski definition) is 2. The molecule has 0 unspecified atom stereocenters. The molecule has 0 saturated heterocycles. The van der Waals surface area contributed by atoms with Crippen LogP contribution in [0.1, 0.15) is 15.9 Å². The highest BCUT2D eigenvalue weighted by atomic mass is 16.2. The Morgan fingerprint density at radius 2 is 1.32 bits per heavy atom. The van der Waals surface area contributed by atoms with Crippen LogP contribution in [-0.2, 0) is 0 Å². The highest BCUT2D eigenvalue weighted by Gasteiger charge is 2.06. The van der Waals surface area contributed by atoms with E-state index in [9.17, 15) is 4.79 Å². The van der Waals surface area contributed by atoms with Gasteiger partial charge in [0.05, 0.1) is 6.21 Å². The minimum atomic E-state index is -0.221. The molecule has 3 nitrogen and oxygen atoms in total. The van der Waals surface area contributed by atoms with Crippen LogP contribution in [0.4, 0.5) is 0 Å². The first-order valence-corrected chi connectivity index (χ1v) is 8.12. The maximum Gasteiger partial charge on any atom is 0.271 e. The van der Waals surface area contributed by atoms with E-state index in [4.69, 9.17) is 0 Å². The summed E-state index contributed by atoms with van der Waals surface area (Å²) in [6, 6.07) is 27.6. The minimum Gasteiger partial charge on any atom is -0.267 e. The van der Waals surface area contributed by atoms with Crippen LogP contribution in [0.2, 0.25) is 0 Å². The molecule has 0 heterocycles. The van der Waals surface area contributed by atoms with Crippen LogP contribution in [-0.4, -0.2) is 12.1 Å². The Balaban J connectivity index is 1.73. The molecule has 3 heteroatoms. The second-order valence-corrected chi connectivity index (χ2v) is 5.80. The average molecular weight is 324 g/mol. The summed E-state index contributed by atoms with van der Waals surface area (Å²) in [6.07, 6.45) is 1.73. The fourth-order valence-corrected chi connectivity index (χ4v) is 3.00. The van der Waals surface area contributed by atoms with E-state index >= 15 is 0 Å². The lowest BCUT2D eigenvalue weighted by Gasteiger charge is -2.08. The van der Waals surface area contributed by atoms with Crippen molar-refractivity contribution in [1.29, 1.82) is 0 Å². The fourth-order valence-electron chi connectivity index (χ4n) is 3.00. The van der Waals surface area contributed by atoms with Gasteiger partial charge in [-0.3, -0.25) is 4.79 Å². The van der Waals surface area contributed by atoms with Gasteiger partial charge in [-0.25, -0.2) is 5.43 Å². The molecule has 0 aliphatic carbocycles. The van der Waals surface area contributed by atoms with E-state index in [2.05, 4.69) is 40.9 Å². The molecule has 0 saturated carbocycles. The summed E-state index contributed by atoms with van der Waals surface area (Å²) in [6.45, 7) is 0. The Morgan fingerprint density at radius 1 is 0.760 bits per heavy atom. The third-order valence-electron chi connectivity index (χ3n) is 4.21. The molecule has 4 aromatic carbocycles. The normalized spacial score (nSPS) is 11.2. The maximum absolute atomic E-state index is 12.1. The SMILES string of the molecule is O=C(NN=Cc1c2ccccc2cc2ccccc12)c1ccccc1. The molecule has 0 radical (unpaired) electrons. The van der Waals surface area contributed by atoms with Gasteiger partial charge in [-0.1, -0.05) is 66.7 Å². The Morgan fingerprint density at radius 3 is 1.96 bits per heavy atom. The Hall–Kier alpha value is -3.46. The predicted octanol–water partition coefficient (Wildman–Crippen LogP) is 4.76. The minimum absolute atomic E-state index is 0.221. The number of nitrogens with zero attached hydrogens (tertiary/aromatic N) is 1. The van der Waals surface area contributed by atoms with Gasteiger partial charge in [-0.15, -0.1) is 0 Å². The number of carbonyl (C=O) groups is 1. The average Bonchev–Trinajstić information content (AvgIpc) is 2.68. The molecular weight excluding hydrogens is 308 g/mol. The molecule has 0 aliphatic heterocycles. The Labute approximate surface area is 145 Å². The van der Waals surface area contributed by atoms with E-state index in [1.807, 2.05) is 42.5 Å². The second-order valence-electron chi connectivity index (χ2n) is 5.80. The molecule has 25 heavy (non-hydrogen) atoms. The third-order valence-corrected chi connectivity index (χ3v) is 4.21.